The summed E-state index contributed by atoms with van der Waals surface area (Å²) in [6.45, 7) is 2.65. The van der Waals surface area contributed by atoms with Gasteiger partial charge in [-0.15, -0.1) is 10.2 Å². The molecule has 2 aromatic carbocycles. The number of hydrogen-bond donors (Lipinski definition) is 0. The topological polar surface area (TPSA) is 85.5 Å². The van der Waals surface area contributed by atoms with E-state index < -0.39 is 10.0 Å². The summed E-state index contributed by atoms with van der Waals surface area (Å²) in [5, 5.41) is 8.73. The molecule has 0 spiro atoms. The van der Waals surface area contributed by atoms with E-state index in [0.717, 1.165) is 17.5 Å². The summed E-state index contributed by atoms with van der Waals surface area (Å²) in [6, 6.07) is 12.3. The molecule has 30 heavy (non-hydrogen) atoms. The highest BCUT2D eigenvalue weighted by atomic mass is 35.5. The Morgan fingerprint density at radius 1 is 1.20 bits per heavy atom. The highest BCUT2D eigenvalue weighted by Gasteiger charge is 2.35. The van der Waals surface area contributed by atoms with Crippen LogP contribution in [0.4, 0.5) is 0 Å². The van der Waals surface area contributed by atoms with Crippen LogP contribution in [0.2, 0.25) is 5.02 Å². The quantitative estimate of drug-likeness (QED) is 0.580. The largest absolute Gasteiger partial charge is 0.495 e. The molecule has 0 bridgehead atoms. The minimum atomic E-state index is -3.79. The Hall–Kier alpha value is -2.42. The van der Waals surface area contributed by atoms with Gasteiger partial charge in [0.2, 0.25) is 21.8 Å². The molecule has 1 saturated heterocycles. The fourth-order valence-electron chi connectivity index (χ4n) is 3.67. The molecule has 0 amide bonds. The number of aromatic nitrogens is 2. The van der Waals surface area contributed by atoms with E-state index in [1.807, 2.05) is 31.2 Å². The Labute approximate surface area is 180 Å². The van der Waals surface area contributed by atoms with Crippen LogP contribution in [0.15, 0.2) is 51.8 Å². The molecule has 1 atom stereocenters. The summed E-state index contributed by atoms with van der Waals surface area (Å²) in [4.78, 5) is 0.0595. The third kappa shape index (κ3) is 3.95. The first-order valence-electron chi connectivity index (χ1n) is 9.63. The van der Waals surface area contributed by atoms with Gasteiger partial charge in [-0.25, -0.2) is 8.42 Å². The van der Waals surface area contributed by atoms with E-state index in [1.165, 1.54) is 17.5 Å². The van der Waals surface area contributed by atoms with Crippen LogP contribution < -0.4 is 4.74 Å². The lowest BCUT2D eigenvalue weighted by atomic mass is 10.00. The summed E-state index contributed by atoms with van der Waals surface area (Å²) in [5.41, 5.74) is 1.91. The van der Waals surface area contributed by atoms with Crippen LogP contribution in [-0.4, -0.2) is 43.1 Å². The summed E-state index contributed by atoms with van der Waals surface area (Å²) >= 11 is 6.05. The lowest BCUT2D eigenvalue weighted by molar-refractivity contribution is 0.285. The van der Waals surface area contributed by atoms with Gasteiger partial charge in [0.05, 0.1) is 13.0 Å². The Bertz CT molecular complexity index is 1160. The Morgan fingerprint density at radius 2 is 2.00 bits per heavy atom. The number of halogens is 1. The molecule has 4 rings (SSSR count). The maximum absolute atomic E-state index is 13.3. The SMILES string of the molecule is COc1ccc(Cl)cc1S(=O)(=O)N1CCC[C@H](c2nnc(-c3ccccc3C)o2)C1. The Kier molecular flexibility index (Phi) is 5.81. The van der Waals surface area contributed by atoms with Crippen molar-refractivity contribution in [3.05, 3.63) is 58.9 Å². The fraction of sp³-hybridized carbons (Fsp3) is 0.333. The van der Waals surface area contributed by atoms with Gasteiger partial charge in [-0.2, -0.15) is 4.31 Å². The standard InChI is InChI=1S/C21H22ClN3O4S/c1-14-6-3-4-8-17(14)21-24-23-20(29-21)15-7-5-11-25(13-15)30(26,27)19-12-16(22)9-10-18(19)28-2/h3-4,6,8-10,12,15H,5,7,11,13H2,1-2H3/t15-/m0/s1. The van der Waals surface area contributed by atoms with Crippen LogP contribution in [0.1, 0.15) is 30.2 Å². The van der Waals surface area contributed by atoms with Gasteiger partial charge in [0, 0.05) is 23.7 Å². The molecule has 0 N–H and O–H groups in total. The zero-order valence-corrected chi connectivity index (χ0v) is 18.3. The average Bonchev–Trinajstić information content (AvgIpc) is 3.24. The molecule has 9 heteroatoms. The van der Waals surface area contributed by atoms with E-state index >= 15 is 0 Å². The summed E-state index contributed by atoms with van der Waals surface area (Å²) in [7, 11) is -2.35. The smallest absolute Gasteiger partial charge is 0.248 e. The lowest BCUT2D eigenvalue weighted by Crippen LogP contribution is -2.39. The Balaban J connectivity index is 1.60. The van der Waals surface area contributed by atoms with Crippen LogP contribution >= 0.6 is 11.6 Å². The average molecular weight is 448 g/mol. The van der Waals surface area contributed by atoms with Crippen LogP contribution in [-0.2, 0) is 10.0 Å². The van der Waals surface area contributed by atoms with Gasteiger partial charge in [-0.3, -0.25) is 0 Å². The number of ether oxygens (including phenoxy) is 1. The first-order valence-corrected chi connectivity index (χ1v) is 11.4. The van der Waals surface area contributed by atoms with E-state index in [0.29, 0.717) is 29.8 Å². The van der Waals surface area contributed by atoms with E-state index in [9.17, 15) is 8.42 Å². The first-order chi connectivity index (χ1) is 14.4. The molecule has 0 saturated carbocycles. The maximum Gasteiger partial charge on any atom is 0.248 e. The number of piperidine rings is 1. The van der Waals surface area contributed by atoms with Crippen LogP contribution in [0.3, 0.4) is 0 Å². The minimum Gasteiger partial charge on any atom is -0.495 e. The zero-order valence-electron chi connectivity index (χ0n) is 16.7. The van der Waals surface area contributed by atoms with Crippen LogP contribution in [0, 0.1) is 6.92 Å². The van der Waals surface area contributed by atoms with Gasteiger partial charge < -0.3 is 9.15 Å². The first kappa shape index (κ1) is 20.8. The Morgan fingerprint density at radius 3 is 2.77 bits per heavy atom. The van der Waals surface area contributed by atoms with Crippen molar-refractivity contribution in [1.82, 2.24) is 14.5 Å². The van der Waals surface area contributed by atoms with Crippen LogP contribution in [0.25, 0.3) is 11.5 Å². The zero-order chi connectivity index (χ0) is 21.3. The normalized spacial score (nSPS) is 17.8. The fourth-order valence-corrected chi connectivity index (χ4v) is 5.62. The van der Waals surface area contributed by atoms with Crippen molar-refractivity contribution in [2.75, 3.05) is 20.2 Å². The van der Waals surface area contributed by atoms with Gasteiger partial charge in [-0.05, 0) is 49.6 Å². The molecule has 0 radical (unpaired) electrons. The monoisotopic (exact) mass is 447 g/mol. The van der Waals surface area contributed by atoms with Gasteiger partial charge in [0.15, 0.2) is 0 Å². The van der Waals surface area contributed by atoms with Crippen molar-refractivity contribution in [3.8, 4) is 17.2 Å². The van der Waals surface area contributed by atoms with Crippen LogP contribution in [0.5, 0.6) is 5.75 Å². The van der Waals surface area contributed by atoms with Gasteiger partial charge >= 0.3 is 0 Å². The second kappa shape index (κ2) is 8.37. The molecule has 1 aliphatic rings. The molecule has 3 aromatic rings. The van der Waals surface area contributed by atoms with E-state index in [4.69, 9.17) is 20.8 Å². The summed E-state index contributed by atoms with van der Waals surface area (Å²) in [6.07, 6.45) is 1.46. The molecule has 1 aromatic heterocycles. The van der Waals surface area contributed by atoms with Crippen molar-refractivity contribution in [1.29, 1.82) is 0 Å². The van der Waals surface area contributed by atoms with Crippen molar-refractivity contribution < 1.29 is 17.6 Å². The lowest BCUT2D eigenvalue weighted by Gasteiger charge is -2.30. The molecule has 7 nitrogen and oxygen atoms in total. The molecular weight excluding hydrogens is 426 g/mol. The van der Waals surface area contributed by atoms with E-state index in [-0.39, 0.29) is 23.1 Å². The van der Waals surface area contributed by atoms with Gasteiger partial charge in [0.25, 0.3) is 0 Å². The highest BCUT2D eigenvalue weighted by Crippen LogP contribution is 2.35. The number of hydrogen-bond acceptors (Lipinski definition) is 6. The third-order valence-electron chi connectivity index (χ3n) is 5.29. The number of aryl methyl sites for hydroxylation is 1. The second-order valence-corrected chi connectivity index (χ2v) is 9.60. The molecule has 0 aliphatic carbocycles. The molecular formula is C21H22ClN3O4S. The summed E-state index contributed by atoms with van der Waals surface area (Å²) in [5.74, 6) is 0.982. The molecule has 158 valence electrons. The summed E-state index contributed by atoms with van der Waals surface area (Å²) < 4.78 is 39.2. The number of benzene rings is 2. The number of sulfonamides is 1. The van der Waals surface area contributed by atoms with Crippen molar-refractivity contribution >= 4 is 21.6 Å². The van der Waals surface area contributed by atoms with E-state index in [2.05, 4.69) is 10.2 Å². The van der Waals surface area contributed by atoms with Gasteiger partial charge in [0.1, 0.15) is 10.6 Å². The minimum absolute atomic E-state index is 0.0595. The number of methoxy groups -OCH3 is 1. The third-order valence-corrected chi connectivity index (χ3v) is 7.41. The molecule has 1 aliphatic heterocycles. The predicted molar refractivity (Wildman–Crippen MR) is 113 cm³/mol. The van der Waals surface area contributed by atoms with E-state index in [1.54, 1.807) is 12.1 Å². The second-order valence-electron chi connectivity index (χ2n) is 7.26. The number of nitrogens with zero attached hydrogens (tertiary/aromatic N) is 3. The maximum atomic E-state index is 13.3. The highest BCUT2D eigenvalue weighted by molar-refractivity contribution is 7.89. The molecule has 0 unspecified atom stereocenters. The molecule has 2 heterocycles. The number of rotatable bonds is 5. The van der Waals surface area contributed by atoms with Crippen molar-refractivity contribution in [2.45, 2.75) is 30.6 Å². The van der Waals surface area contributed by atoms with Gasteiger partial charge in [-0.1, -0.05) is 29.8 Å². The predicted octanol–water partition coefficient (Wildman–Crippen LogP) is 4.28. The van der Waals surface area contributed by atoms with Crippen molar-refractivity contribution in [3.63, 3.8) is 0 Å². The van der Waals surface area contributed by atoms with Crippen molar-refractivity contribution in [2.24, 2.45) is 0 Å². The molecule has 1 fully saturated rings.